The van der Waals surface area contributed by atoms with Gasteiger partial charge in [-0.2, -0.15) is 5.11 Å². The lowest BCUT2D eigenvalue weighted by atomic mass is 9.89. The van der Waals surface area contributed by atoms with Gasteiger partial charge in [-0.25, -0.2) is 0 Å². The van der Waals surface area contributed by atoms with E-state index in [1.165, 1.54) is 19.3 Å². The van der Waals surface area contributed by atoms with Gasteiger partial charge in [0.1, 0.15) is 0 Å². The predicted molar refractivity (Wildman–Crippen MR) is 86.3 cm³/mol. The van der Waals surface area contributed by atoms with Crippen LogP contribution in [0.3, 0.4) is 0 Å². The second kappa shape index (κ2) is 6.23. The van der Waals surface area contributed by atoms with Crippen LogP contribution in [0.5, 0.6) is 0 Å². The van der Waals surface area contributed by atoms with Crippen molar-refractivity contribution >= 4 is 0 Å². The summed E-state index contributed by atoms with van der Waals surface area (Å²) < 4.78 is 6.14. The van der Waals surface area contributed by atoms with Crippen molar-refractivity contribution < 1.29 is 4.74 Å². The van der Waals surface area contributed by atoms with E-state index in [4.69, 9.17) is 4.74 Å². The van der Waals surface area contributed by atoms with Crippen LogP contribution in [0.25, 0.3) is 0 Å². The van der Waals surface area contributed by atoms with Gasteiger partial charge in [-0.3, -0.25) is 5.01 Å². The first kappa shape index (κ1) is 16.7. The molecule has 1 saturated carbocycles. The summed E-state index contributed by atoms with van der Waals surface area (Å²) in [4.78, 5) is 0. The molecule has 1 aliphatic heterocycles. The van der Waals surface area contributed by atoms with E-state index in [0.717, 1.165) is 19.4 Å². The van der Waals surface area contributed by atoms with Crippen molar-refractivity contribution in [1.82, 2.24) is 5.01 Å². The third-order valence-corrected chi connectivity index (χ3v) is 4.30. The zero-order valence-corrected chi connectivity index (χ0v) is 14.7. The maximum Gasteiger partial charge on any atom is 0.0950 e. The minimum atomic E-state index is 0.0737. The molecule has 4 nitrogen and oxygen atoms in total. The Morgan fingerprint density at radius 2 is 1.71 bits per heavy atom. The molecule has 21 heavy (non-hydrogen) atoms. The van der Waals surface area contributed by atoms with Crippen LogP contribution in [-0.2, 0) is 4.74 Å². The number of hydrogen-bond acceptors (Lipinski definition) is 4. The monoisotopic (exact) mass is 295 g/mol. The number of hydrogen-bond donors (Lipinski definition) is 0. The highest BCUT2D eigenvalue weighted by Gasteiger charge is 2.39. The Balaban J connectivity index is 1.89. The molecular formula is C17H33N3O. The van der Waals surface area contributed by atoms with E-state index >= 15 is 0 Å². The molecule has 0 amide bonds. The molecule has 0 aromatic heterocycles. The fourth-order valence-electron chi connectivity index (χ4n) is 3.21. The van der Waals surface area contributed by atoms with Crippen LogP contribution in [0.1, 0.15) is 73.6 Å². The van der Waals surface area contributed by atoms with Gasteiger partial charge in [0.15, 0.2) is 0 Å². The quantitative estimate of drug-likeness (QED) is 0.746. The summed E-state index contributed by atoms with van der Waals surface area (Å²) in [6, 6.07) is 0.860. The first-order valence-corrected chi connectivity index (χ1v) is 8.48. The van der Waals surface area contributed by atoms with Gasteiger partial charge in [0, 0.05) is 0 Å². The standard InChI is InChI=1S/C17H33N3O/c1-16(2,3)12-21-13-8-7-9-15-14(11-10-13)18-19-20(15)17(4,5)6/h13-15H,7-12H2,1-6H3. The van der Waals surface area contributed by atoms with Crippen LogP contribution in [0, 0.1) is 5.41 Å². The van der Waals surface area contributed by atoms with Crippen LogP contribution >= 0.6 is 0 Å². The summed E-state index contributed by atoms with van der Waals surface area (Å²) in [6.45, 7) is 14.2. The maximum atomic E-state index is 6.14. The minimum absolute atomic E-state index is 0.0737. The molecule has 0 spiro atoms. The Labute approximate surface area is 130 Å². The molecule has 2 aliphatic rings. The molecule has 3 atom stereocenters. The van der Waals surface area contributed by atoms with Gasteiger partial charge >= 0.3 is 0 Å². The summed E-state index contributed by atoms with van der Waals surface area (Å²) >= 11 is 0. The average molecular weight is 295 g/mol. The van der Waals surface area contributed by atoms with Crippen molar-refractivity contribution in [1.29, 1.82) is 0 Å². The zero-order valence-electron chi connectivity index (χ0n) is 14.7. The van der Waals surface area contributed by atoms with E-state index in [2.05, 4.69) is 56.9 Å². The third kappa shape index (κ3) is 4.67. The van der Waals surface area contributed by atoms with Crippen molar-refractivity contribution in [2.45, 2.75) is 97.4 Å². The van der Waals surface area contributed by atoms with Crippen molar-refractivity contribution in [2.24, 2.45) is 15.8 Å². The second-order valence-electron chi connectivity index (χ2n) is 8.86. The van der Waals surface area contributed by atoms with Crippen LogP contribution in [0.4, 0.5) is 0 Å². The summed E-state index contributed by atoms with van der Waals surface area (Å²) in [5, 5.41) is 11.2. The third-order valence-electron chi connectivity index (χ3n) is 4.30. The highest BCUT2D eigenvalue weighted by atomic mass is 16.5. The van der Waals surface area contributed by atoms with Crippen LogP contribution in [-0.4, -0.2) is 35.3 Å². The number of ether oxygens (including phenoxy) is 1. The van der Waals surface area contributed by atoms with E-state index in [9.17, 15) is 0 Å². The molecule has 0 bridgehead atoms. The van der Waals surface area contributed by atoms with E-state index in [0.29, 0.717) is 18.2 Å². The Morgan fingerprint density at radius 3 is 2.33 bits per heavy atom. The fraction of sp³-hybridized carbons (Fsp3) is 1.00. The molecule has 2 rings (SSSR count). The van der Waals surface area contributed by atoms with E-state index < -0.39 is 0 Å². The summed E-state index contributed by atoms with van der Waals surface area (Å²) in [5.74, 6) is 0. The Bertz CT molecular complexity index is 367. The molecule has 1 fully saturated rings. The van der Waals surface area contributed by atoms with Gasteiger partial charge in [0.2, 0.25) is 0 Å². The van der Waals surface area contributed by atoms with Crippen molar-refractivity contribution in [3.8, 4) is 0 Å². The Morgan fingerprint density at radius 1 is 1.00 bits per heavy atom. The topological polar surface area (TPSA) is 37.2 Å². The van der Waals surface area contributed by atoms with Crippen molar-refractivity contribution in [3.63, 3.8) is 0 Å². The first-order chi connectivity index (χ1) is 9.67. The second-order valence-corrected chi connectivity index (χ2v) is 8.86. The first-order valence-electron chi connectivity index (χ1n) is 8.48. The van der Waals surface area contributed by atoms with Crippen LogP contribution in [0.2, 0.25) is 0 Å². The smallest absolute Gasteiger partial charge is 0.0950 e. The molecule has 0 aromatic carbocycles. The number of fused-ring (bicyclic) bond motifs is 1. The van der Waals surface area contributed by atoms with Crippen molar-refractivity contribution in [3.05, 3.63) is 0 Å². The van der Waals surface area contributed by atoms with Crippen LogP contribution in [0.15, 0.2) is 10.3 Å². The Kier molecular flexibility index (Phi) is 4.96. The van der Waals surface area contributed by atoms with Gasteiger partial charge in [0.25, 0.3) is 0 Å². The minimum Gasteiger partial charge on any atom is -0.378 e. The molecule has 0 saturated heterocycles. The highest BCUT2D eigenvalue weighted by Crippen LogP contribution is 2.34. The molecule has 0 aromatic rings. The van der Waals surface area contributed by atoms with E-state index in [-0.39, 0.29) is 11.0 Å². The number of rotatable bonds is 2. The SMILES string of the molecule is CC(C)(C)COC1CCCC2C(CC1)N=NN2C(C)(C)C. The van der Waals surface area contributed by atoms with Gasteiger partial charge in [-0.15, -0.1) is 0 Å². The summed E-state index contributed by atoms with van der Waals surface area (Å²) in [6.07, 6.45) is 6.21. The van der Waals surface area contributed by atoms with Gasteiger partial charge in [0.05, 0.1) is 30.3 Å². The summed E-state index contributed by atoms with van der Waals surface area (Å²) in [7, 11) is 0. The lowest BCUT2D eigenvalue weighted by Gasteiger charge is -2.37. The molecule has 122 valence electrons. The fourth-order valence-corrected chi connectivity index (χ4v) is 3.21. The molecule has 3 unspecified atom stereocenters. The van der Waals surface area contributed by atoms with E-state index in [1.54, 1.807) is 0 Å². The van der Waals surface area contributed by atoms with Gasteiger partial charge < -0.3 is 4.74 Å². The lowest BCUT2D eigenvalue weighted by molar-refractivity contribution is -0.0103. The average Bonchev–Trinajstić information content (AvgIpc) is 2.69. The molecule has 0 N–H and O–H groups in total. The van der Waals surface area contributed by atoms with Crippen LogP contribution < -0.4 is 0 Å². The van der Waals surface area contributed by atoms with E-state index in [1.807, 2.05) is 0 Å². The predicted octanol–water partition coefficient (Wildman–Crippen LogP) is 4.60. The van der Waals surface area contributed by atoms with Gasteiger partial charge in [-0.05, 0) is 58.3 Å². The summed E-state index contributed by atoms with van der Waals surface area (Å²) in [5.41, 5.74) is 0.325. The molecule has 0 radical (unpaired) electrons. The number of nitrogens with zero attached hydrogens (tertiary/aromatic N) is 3. The highest BCUT2D eigenvalue weighted by molar-refractivity contribution is 4.93. The molecule has 1 heterocycles. The normalized spacial score (nSPS) is 31.0. The van der Waals surface area contributed by atoms with Gasteiger partial charge in [-0.1, -0.05) is 26.0 Å². The largest absolute Gasteiger partial charge is 0.378 e. The maximum absolute atomic E-state index is 6.14. The zero-order chi connectivity index (χ0) is 15.7. The molecular weight excluding hydrogens is 262 g/mol. The molecule has 4 heteroatoms. The molecule has 1 aliphatic carbocycles. The Hall–Kier alpha value is -0.640. The van der Waals surface area contributed by atoms with Crippen molar-refractivity contribution in [2.75, 3.05) is 6.61 Å². The lowest BCUT2D eigenvalue weighted by Crippen LogP contribution is -2.46.